The first kappa shape index (κ1) is 25.7. The highest BCUT2D eigenvalue weighted by Gasteiger charge is 2.23. The van der Waals surface area contributed by atoms with Crippen LogP contribution in [0.15, 0.2) is 65.1 Å². The molecule has 0 saturated carbocycles. The highest BCUT2D eigenvalue weighted by Crippen LogP contribution is 2.25. The van der Waals surface area contributed by atoms with E-state index in [2.05, 4.69) is 5.32 Å². The van der Waals surface area contributed by atoms with Gasteiger partial charge >= 0.3 is 6.03 Å². The molecule has 1 aromatic heterocycles. The third-order valence-corrected chi connectivity index (χ3v) is 5.82. The molecule has 3 aromatic rings. The van der Waals surface area contributed by atoms with Gasteiger partial charge in [0.15, 0.2) is 0 Å². The van der Waals surface area contributed by atoms with E-state index in [4.69, 9.17) is 27.6 Å². The molecule has 0 fully saturated rings. The second-order valence-electron chi connectivity index (χ2n) is 8.58. The van der Waals surface area contributed by atoms with Crippen molar-refractivity contribution in [1.29, 1.82) is 0 Å². The molecule has 6 nitrogen and oxygen atoms in total. The zero-order valence-electron chi connectivity index (χ0n) is 19.6. The SMILES string of the molecule is Cc1ccc(CN(Cc2ccccc2)C(=O)CN(CC(C)C)C(=O)Nc2ccc(Cl)c(Cl)c2)o1. The lowest BCUT2D eigenvalue weighted by molar-refractivity contribution is -0.133. The average molecular weight is 502 g/mol. The van der Waals surface area contributed by atoms with Gasteiger partial charge in [-0.1, -0.05) is 67.4 Å². The Balaban J connectivity index is 1.77. The van der Waals surface area contributed by atoms with Crippen LogP contribution in [0.4, 0.5) is 10.5 Å². The Kier molecular flexibility index (Phi) is 9.02. The van der Waals surface area contributed by atoms with Gasteiger partial charge in [0.1, 0.15) is 18.1 Å². The first-order valence-electron chi connectivity index (χ1n) is 11.1. The Morgan fingerprint density at radius 2 is 1.68 bits per heavy atom. The maximum absolute atomic E-state index is 13.4. The van der Waals surface area contributed by atoms with E-state index in [0.717, 1.165) is 11.3 Å². The van der Waals surface area contributed by atoms with E-state index in [-0.39, 0.29) is 24.4 Å². The van der Waals surface area contributed by atoms with Crippen molar-refractivity contribution < 1.29 is 14.0 Å². The van der Waals surface area contributed by atoms with Crippen molar-refractivity contribution in [2.24, 2.45) is 5.92 Å². The number of nitrogens with zero attached hydrogens (tertiary/aromatic N) is 2. The maximum atomic E-state index is 13.4. The monoisotopic (exact) mass is 501 g/mol. The van der Waals surface area contributed by atoms with E-state index in [0.29, 0.717) is 41.1 Å². The van der Waals surface area contributed by atoms with Crippen LogP contribution in [-0.2, 0) is 17.9 Å². The Labute approximate surface area is 210 Å². The van der Waals surface area contributed by atoms with E-state index in [1.165, 1.54) is 4.90 Å². The van der Waals surface area contributed by atoms with Gasteiger partial charge in [-0.25, -0.2) is 4.79 Å². The lowest BCUT2D eigenvalue weighted by Gasteiger charge is -2.28. The number of nitrogens with one attached hydrogen (secondary N) is 1. The summed E-state index contributed by atoms with van der Waals surface area (Å²) in [6, 6.07) is 18.0. The summed E-state index contributed by atoms with van der Waals surface area (Å²) < 4.78 is 5.71. The van der Waals surface area contributed by atoms with Crippen molar-refractivity contribution in [3.63, 3.8) is 0 Å². The van der Waals surface area contributed by atoms with E-state index in [1.807, 2.05) is 63.2 Å². The highest BCUT2D eigenvalue weighted by atomic mass is 35.5. The fraction of sp³-hybridized carbons (Fsp3) is 0.308. The van der Waals surface area contributed by atoms with E-state index in [9.17, 15) is 9.59 Å². The van der Waals surface area contributed by atoms with Crippen molar-refractivity contribution in [3.8, 4) is 0 Å². The predicted octanol–water partition coefficient (Wildman–Crippen LogP) is 6.61. The molecule has 1 heterocycles. The van der Waals surface area contributed by atoms with Crippen LogP contribution in [0.1, 0.15) is 30.9 Å². The van der Waals surface area contributed by atoms with Gasteiger partial charge < -0.3 is 19.5 Å². The van der Waals surface area contributed by atoms with Crippen LogP contribution in [0, 0.1) is 12.8 Å². The number of halogens is 2. The van der Waals surface area contributed by atoms with Gasteiger partial charge in [-0.05, 0) is 48.7 Å². The second kappa shape index (κ2) is 12.0. The van der Waals surface area contributed by atoms with Crippen molar-refractivity contribution in [1.82, 2.24) is 9.80 Å². The molecule has 34 heavy (non-hydrogen) atoms. The van der Waals surface area contributed by atoms with Gasteiger partial charge in [0.2, 0.25) is 5.91 Å². The molecule has 0 atom stereocenters. The van der Waals surface area contributed by atoms with Crippen molar-refractivity contribution in [2.45, 2.75) is 33.9 Å². The van der Waals surface area contributed by atoms with Gasteiger partial charge in [-0.3, -0.25) is 4.79 Å². The fourth-order valence-electron chi connectivity index (χ4n) is 3.49. The summed E-state index contributed by atoms with van der Waals surface area (Å²) in [6.07, 6.45) is 0. The molecular weight excluding hydrogens is 473 g/mol. The molecule has 8 heteroatoms. The number of urea groups is 1. The van der Waals surface area contributed by atoms with Crippen molar-refractivity contribution in [2.75, 3.05) is 18.4 Å². The van der Waals surface area contributed by atoms with Crippen LogP contribution in [0.3, 0.4) is 0 Å². The average Bonchev–Trinajstić information content (AvgIpc) is 3.20. The number of carbonyl (C=O) groups is 2. The summed E-state index contributed by atoms with van der Waals surface area (Å²) >= 11 is 12.1. The number of rotatable bonds is 9. The van der Waals surface area contributed by atoms with E-state index in [1.54, 1.807) is 23.1 Å². The Hall–Kier alpha value is -2.96. The molecule has 0 spiro atoms. The maximum Gasteiger partial charge on any atom is 0.322 e. The number of hydrogen-bond acceptors (Lipinski definition) is 3. The quantitative estimate of drug-likeness (QED) is 0.358. The lowest BCUT2D eigenvalue weighted by atomic mass is 10.2. The number of benzene rings is 2. The third kappa shape index (κ3) is 7.54. The largest absolute Gasteiger partial charge is 0.464 e. The molecular formula is C26H29Cl2N3O3. The van der Waals surface area contributed by atoms with Crippen molar-refractivity contribution >= 4 is 40.8 Å². The van der Waals surface area contributed by atoms with Gasteiger partial charge in [0.25, 0.3) is 0 Å². The molecule has 0 saturated heterocycles. The number of furan rings is 1. The van der Waals surface area contributed by atoms with Crippen LogP contribution in [0.5, 0.6) is 0 Å². The number of carbonyl (C=O) groups excluding carboxylic acids is 2. The zero-order valence-corrected chi connectivity index (χ0v) is 21.1. The van der Waals surface area contributed by atoms with Gasteiger partial charge in [-0.2, -0.15) is 0 Å². The van der Waals surface area contributed by atoms with Crippen LogP contribution < -0.4 is 5.32 Å². The number of hydrogen-bond donors (Lipinski definition) is 1. The normalized spacial score (nSPS) is 10.9. The van der Waals surface area contributed by atoms with Crippen molar-refractivity contribution in [3.05, 3.63) is 87.8 Å². The smallest absolute Gasteiger partial charge is 0.322 e. The topological polar surface area (TPSA) is 65.8 Å². The van der Waals surface area contributed by atoms with Crippen LogP contribution in [0.25, 0.3) is 0 Å². The molecule has 3 amide bonds. The number of amides is 3. The fourth-order valence-corrected chi connectivity index (χ4v) is 3.79. The zero-order chi connectivity index (χ0) is 24.7. The minimum absolute atomic E-state index is 0.0716. The first-order chi connectivity index (χ1) is 16.2. The molecule has 180 valence electrons. The van der Waals surface area contributed by atoms with Crippen LogP contribution in [0.2, 0.25) is 10.0 Å². The molecule has 0 bridgehead atoms. The molecule has 0 aliphatic heterocycles. The predicted molar refractivity (Wildman–Crippen MR) is 136 cm³/mol. The summed E-state index contributed by atoms with van der Waals surface area (Å²) in [6.45, 7) is 6.92. The summed E-state index contributed by atoms with van der Waals surface area (Å²) in [5, 5.41) is 3.56. The molecule has 3 rings (SSSR count). The van der Waals surface area contributed by atoms with Gasteiger partial charge in [0.05, 0.1) is 16.6 Å². The Morgan fingerprint density at radius 3 is 2.29 bits per heavy atom. The Morgan fingerprint density at radius 1 is 0.941 bits per heavy atom. The minimum atomic E-state index is -0.381. The summed E-state index contributed by atoms with van der Waals surface area (Å²) in [5.41, 5.74) is 1.50. The molecule has 0 unspecified atom stereocenters. The van der Waals surface area contributed by atoms with E-state index >= 15 is 0 Å². The molecule has 1 N–H and O–H groups in total. The molecule has 0 aliphatic rings. The number of anilines is 1. The Bertz CT molecular complexity index is 1120. The van der Waals surface area contributed by atoms with Gasteiger partial charge in [0, 0.05) is 18.8 Å². The summed E-state index contributed by atoms with van der Waals surface area (Å²) in [7, 11) is 0. The first-order valence-corrected chi connectivity index (χ1v) is 11.8. The van der Waals surface area contributed by atoms with Gasteiger partial charge in [-0.15, -0.1) is 0 Å². The number of aryl methyl sites for hydroxylation is 1. The standard InChI is InChI=1S/C26H29Cl2N3O3/c1-18(2)14-31(26(33)29-21-10-12-23(27)24(28)13-21)17-25(32)30(15-20-7-5-4-6-8-20)16-22-11-9-19(3)34-22/h4-13,18H,14-17H2,1-3H3,(H,29,33). The third-order valence-electron chi connectivity index (χ3n) is 5.08. The van der Waals surface area contributed by atoms with Crippen LogP contribution in [-0.4, -0.2) is 34.8 Å². The highest BCUT2D eigenvalue weighted by molar-refractivity contribution is 6.42. The summed E-state index contributed by atoms with van der Waals surface area (Å²) in [5.74, 6) is 1.47. The summed E-state index contributed by atoms with van der Waals surface area (Å²) in [4.78, 5) is 29.7. The van der Waals surface area contributed by atoms with Crippen LogP contribution >= 0.6 is 23.2 Å². The van der Waals surface area contributed by atoms with E-state index < -0.39 is 0 Å². The lowest BCUT2D eigenvalue weighted by Crippen LogP contribution is -2.45. The molecule has 0 radical (unpaired) electrons. The molecule has 0 aliphatic carbocycles. The molecule has 2 aromatic carbocycles. The second-order valence-corrected chi connectivity index (χ2v) is 9.40. The minimum Gasteiger partial charge on any atom is -0.464 e.